The fourth-order valence-corrected chi connectivity index (χ4v) is 1.82. The van der Waals surface area contributed by atoms with Crippen molar-refractivity contribution in [3.63, 3.8) is 0 Å². The van der Waals surface area contributed by atoms with Crippen molar-refractivity contribution in [2.24, 2.45) is 0 Å². The SMILES string of the molecule is N#Cc1cc(Nc2ccc(F)cc2Cl)ccc1[N+](=O)[O-]. The molecule has 100 valence electrons. The Hall–Kier alpha value is -2.65. The zero-order valence-corrected chi connectivity index (χ0v) is 10.7. The molecule has 5 nitrogen and oxygen atoms in total. The third-order valence-electron chi connectivity index (χ3n) is 2.52. The molecular formula is C13H7ClFN3O2. The van der Waals surface area contributed by atoms with Gasteiger partial charge in [0.25, 0.3) is 5.69 Å². The molecule has 20 heavy (non-hydrogen) atoms. The van der Waals surface area contributed by atoms with Gasteiger partial charge in [-0.25, -0.2) is 4.39 Å². The fraction of sp³-hybridized carbons (Fsp3) is 0. The first-order valence-electron chi connectivity index (χ1n) is 5.42. The molecule has 0 amide bonds. The van der Waals surface area contributed by atoms with E-state index >= 15 is 0 Å². The van der Waals surface area contributed by atoms with E-state index in [4.69, 9.17) is 16.9 Å². The van der Waals surface area contributed by atoms with Gasteiger partial charge in [0.1, 0.15) is 17.4 Å². The molecular weight excluding hydrogens is 285 g/mol. The van der Waals surface area contributed by atoms with Crippen molar-refractivity contribution in [3.8, 4) is 6.07 Å². The van der Waals surface area contributed by atoms with Crippen LogP contribution in [-0.2, 0) is 0 Å². The van der Waals surface area contributed by atoms with E-state index in [2.05, 4.69) is 5.32 Å². The number of benzene rings is 2. The molecule has 0 fully saturated rings. The van der Waals surface area contributed by atoms with E-state index in [-0.39, 0.29) is 16.3 Å². The molecule has 0 aliphatic rings. The minimum absolute atomic E-state index is 0.0711. The van der Waals surface area contributed by atoms with E-state index in [9.17, 15) is 14.5 Å². The molecule has 2 aromatic rings. The number of rotatable bonds is 3. The molecule has 7 heteroatoms. The molecule has 0 aromatic heterocycles. The van der Waals surface area contributed by atoms with Crippen LogP contribution in [0.4, 0.5) is 21.5 Å². The Morgan fingerprint density at radius 3 is 2.65 bits per heavy atom. The number of nitro benzene ring substituents is 1. The number of hydrogen-bond donors (Lipinski definition) is 1. The minimum Gasteiger partial charge on any atom is -0.354 e. The lowest BCUT2D eigenvalue weighted by Gasteiger charge is -2.08. The summed E-state index contributed by atoms with van der Waals surface area (Å²) in [5, 5.41) is 22.6. The van der Waals surface area contributed by atoms with Gasteiger partial charge in [-0.15, -0.1) is 0 Å². The second-order valence-corrected chi connectivity index (χ2v) is 4.26. The highest BCUT2D eigenvalue weighted by Gasteiger charge is 2.14. The average Bonchev–Trinajstić information content (AvgIpc) is 2.41. The van der Waals surface area contributed by atoms with Crippen LogP contribution < -0.4 is 5.32 Å². The van der Waals surface area contributed by atoms with Crippen LogP contribution in [0.25, 0.3) is 0 Å². The Bertz CT molecular complexity index is 728. The van der Waals surface area contributed by atoms with Crippen LogP contribution in [0.15, 0.2) is 36.4 Å². The second-order valence-electron chi connectivity index (χ2n) is 3.85. The van der Waals surface area contributed by atoms with Crippen LogP contribution in [0.3, 0.4) is 0 Å². The highest BCUT2D eigenvalue weighted by Crippen LogP contribution is 2.28. The normalized spacial score (nSPS) is 9.85. The van der Waals surface area contributed by atoms with Crippen molar-refractivity contribution in [2.75, 3.05) is 5.32 Å². The largest absolute Gasteiger partial charge is 0.354 e. The van der Waals surface area contributed by atoms with Crippen molar-refractivity contribution in [3.05, 3.63) is 62.9 Å². The summed E-state index contributed by atoms with van der Waals surface area (Å²) in [7, 11) is 0. The maximum Gasteiger partial charge on any atom is 0.287 e. The number of nitriles is 1. The monoisotopic (exact) mass is 291 g/mol. The van der Waals surface area contributed by atoms with Crippen LogP contribution >= 0.6 is 11.6 Å². The van der Waals surface area contributed by atoms with Crippen LogP contribution in [0.1, 0.15) is 5.56 Å². The molecule has 0 unspecified atom stereocenters. The van der Waals surface area contributed by atoms with E-state index in [0.29, 0.717) is 11.4 Å². The Morgan fingerprint density at radius 2 is 2.05 bits per heavy atom. The number of hydrogen-bond acceptors (Lipinski definition) is 4. The van der Waals surface area contributed by atoms with Gasteiger partial charge in [-0.1, -0.05) is 11.6 Å². The highest BCUT2D eigenvalue weighted by molar-refractivity contribution is 6.33. The molecule has 0 spiro atoms. The molecule has 0 heterocycles. The Kier molecular flexibility index (Phi) is 3.82. The van der Waals surface area contributed by atoms with Crippen LogP contribution in [-0.4, -0.2) is 4.92 Å². The maximum absolute atomic E-state index is 12.9. The molecule has 0 radical (unpaired) electrons. The number of nitrogens with zero attached hydrogens (tertiary/aromatic N) is 2. The van der Waals surface area contributed by atoms with Crippen LogP contribution in [0.5, 0.6) is 0 Å². The lowest BCUT2D eigenvalue weighted by molar-refractivity contribution is -0.385. The zero-order valence-electron chi connectivity index (χ0n) is 9.93. The second kappa shape index (κ2) is 5.55. The smallest absolute Gasteiger partial charge is 0.287 e. The van der Waals surface area contributed by atoms with Gasteiger partial charge < -0.3 is 5.32 Å². The third-order valence-corrected chi connectivity index (χ3v) is 2.84. The third kappa shape index (κ3) is 2.84. The van der Waals surface area contributed by atoms with Gasteiger partial charge >= 0.3 is 0 Å². The molecule has 0 aliphatic carbocycles. The Balaban J connectivity index is 2.35. The fourth-order valence-electron chi connectivity index (χ4n) is 1.61. The van der Waals surface area contributed by atoms with E-state index in [1.807, 2.05) is 0 Å². The van der Waals surface area contributed by atoms with Crippen molar-refractivity contribution < 1.29 is 9.31 Å². The standard InChI is InChI=1S/C13H7ClFN3O2/c14-11-6-9(15)1-3-12(11)17-10-2-4-13(18(19)20)8(5-10)7-16/h1-6,17H. The number of anilines is 2. The molecule has 2 aromatic carbocycles. The van der Waals surface area contributed by atoms with Gasteiger partial charge in [0.2, 0.25) is 0 Å². The quantitative estimate of drug-likeness (QED) is 0.684. The predicted octanol–water partition coefficient (Wildman–Crippen LogP) is 4.00. The van der Waals surface area contributed by atoms with Crippen molar-refractivity contribution >= 4 is 28.7 Å². The average molecular weight is 292 g/mol. The van der Waals surface area contributed by atoms with Gasteiger partial charge in [0.15, 0.2) is 0 Å². The molecule has 0 saturated carbocycles. The Labute approximate surface area is 118 Å². The van der Waals surface area contributed by atoms with Gasteiger partial charge in [-0.2, -0.15) is 5.26 Å². The van der Waals surface area contributed by atoms with Crippen LogP contribution in [0.2, 0.25) is 5.02 Å². The molecule has 0 aliphatic heterocycles. The summed E-state index contributed by atoms with van der Waals surface area (Å²) in [5.41, 5.74) is 0.535. The predicted molar refractivity (Wildman–Crippen MR) is 72.5 cm³/mol. The van der Waals surface area contributed by atoms with E-state index in [1.165, 1.54) is 30.3 Å². The zero-order chi connectivity index (χ0) is 14.7. The van der Waals surface area contributed by atoms with E-state index in [0.717, 1.165) is 6.07 Å². The molecule has 1 N–H and O–H groups in total. The van der Waals surface area contributed by atoms with Gasteiger partial charge in [0.05, 0.1) is 15.6 Å². The summed E-state index contributed by atoms with van der Waals surface area (Å²) < 4.78 is 12.9. The number of nitro groups is 1. The molecule has 0 saturated heterocycles. The molecule has 2 rings (SSSR count). The summed E-state index contributed by atoms with van der Waals surface area (Å²) in [6.07, 6.45) is 0. The van der Waals surface area contributed by atoms with Crippen molar-refractivity contribution in [1.29, 1.82) is 5.26 Å². The summed E-state index contributed by atoms with van der Waals surface area (Å²) in [6, 6.07) is 9.55. The van der Waals surface area contributed by atoms with Crippen LogP contribution in [0, 0.1) is 27.3 Å². The van der Waals surface area contributed by atoms with Gasteiger partial charge in [0, 0.05) is 11.8 Å². The summed E-state index contributed by atoms with van der Waals surface area (Å²) >= 11 is 5.86. The molecule has 0 atom stereocenters. The van der Waals surface area contributed by atoms with Gasteiger partial charge in [-0.3, -0.25) is 10.1 Å². The lowest BCUT2D eigenvalue weighted by atomic mass is 10.1. The highest BCUT2D eigenvalue weighted by atomic mass is 35.5. The number of nitrogens with one attached hydrogen (secondary N) is 1. The summed E-state index contributed by atoms with van der Waals surface area (Å²) in [4.78, 5) is 10.1. The minimum atomic E-state index is -0.632. The first-order valence-corrected chi connectivity index (χ1v) is 5.79. The molecule has 0 bridgehead atoms. The van der Waals surface area contributed by atoms with E-state index in [1.54, 1.807) is 6.07 Å². The summed E-state index contributed by atoms with van der Waals surface area (Å²) in [5.74, 6) is -0.470. The maximum atomic E-state index is 12.9. The van der Waals surface area contributed by atoms with Gasteiger partial charge in [-0.05, 0) is 30.3 Å². The topological polar surface area (TPSA) is 79.0 Å². The van der Waals surface area contributed by atoms with Crippen molar-refractivity contribution in [2.45, 2.75) is 0 Å². The van der Waals surface area contributed by atoms with E-state index < -0.39 is 10.7 Å². The summed E-state index contributed by atoms with van der Waals surface area (Å²) in [6.45, 7) is 0. The number of halogens is 2. The first kappa shape index (κ1) is 13.8. The Morgan fingerprint density at radius 1 is 1.30 bits per heavy atom. The first-order chi connectivity index (χ1) is 9.51. The lowest BCUT2D eigenvalue weighted by Crippen LogP contribution is -1.96. The van der Waals surface area contributed by atoms with Crippen molar-refractivity contribution in [1.82, 2.24) is 0 Å².